The minimum absolute atomic E-state index is 0.215. The highest BCUT2D eigenvalue weighted by Crippen LogP contribution is 2.22. The van der Waals surface area contributed by atoms with Crippen molar-refractivity contribution in [2.24, 2.45) is 0 Å². The molecule has 1 aromatic heterocycles. The summed E-state index contributed by atoms with van der Waals surface area (Å²) in [4.78, 5) is 18.8. The van der Waals surface area contributed by atoms with Gasteiger partial charge in [0, 0.05) is 25.1 Å². The Hall–Kier alpha value is -1.94. The average Bonchev–Trinajstić information content (AvgIpc) is 2.49. The van der Waals surface area contributed by atoms with Crippen LogP contribution >= 0.6 is 11.6 Å². The van der Waals surface area contributed by atoms with Crippen LogP contribution in [0.15, 0.2) is 36.5 Å². The molecule has 0 bridgehead atoms. The Morgan fingerprint density at radius 1 is 1.24 bits per heavy atom. The van der Waals surface area contributed by atoms with E-state index in [4.69, 9.17) is 16.3 Å². The van der Waals surface area contributed by atoms with Crippen LogP contribution in [0.1, 0.15) is 26.3 Å². The quantitative estimate of drug-likeness (QED) is 0.634. The maximum Gasteiger partial charge on any atom is 0.302 e. The molecule has 0 atom stereocenters. The number of aromatic nitrogens is 2. The Kier molecular flexibility index (Phi) is 7.40. The Morgan fingerprint density at radius 3 is 2.62 bits per heavy atom. The zero-order valence-electron chi connectivity index (χ0n) is 12.5. The highest BCUT2D eigenvalue weighted by molar-refractivity contribution is 6.28. The number of rotatable bonds is 4. The van der Waals surface area contributed by atoms with Crippen molar-refractivity contribution in [3.8, 4) is 11.3 Å². The van der Waals surface area contributed by atoms with E-state index in [0.717, 1.165) is 16.8 Å². The van der Waals surface area contributed by atoms with Gasteiger partial charge in [-0.3, -0.25) is 4.79 Å². The van der Waals surface area contributed by atoms with Crippen molar-refractivity contribution in [3.63, 3.8) is 0 Å². The molecule has 0 saturated heterocycles. The summed E-state index contributed by atoms with van der Waals surface area (Å²) in [5.41, 5.74) is 2.79. The van der Waals surface area contributed by atoms with E-state index in [9.17, 15) is 4.79 Å². The van der Waals surface area contributed by atoms with Gasteiger partial charge in [-0.1, -0.05) is 38.1 Å². The Labute approximate surface area is 130 Å². The monoisotopic (exact) mass is 306 g/mol. The third-order valence-corrected chi connectivity index (χ3v) is 2.78. The Balaban J connectivity index is 0.00000106. The molecule has 0 N–H and O–H groups in total. The van der Waals surface area contributed by atoms with Crippen LogP contribution in [-0.2, 0) is 16.0 Å². The van der Waals surface area contributed by atoms with E-state index in [1.165, 1.54) is 6.92 Å². The highest BCUT2D eigenvalue weighted by atomic mass is 35.5. The molecule has 2 rings (SSSR count). The second kappa shape index (κ2) is 9.08. The standard InChI is InChI=1S/C14H13ClN2O2.C2H6/c1-10(18)19-9-7-11-4-2-3-5-12(11)13-6-8-16-14(15)17-13;1-2/h2-6,8H,7,9H2,1H3;1-2H3. The van der Waals surface area contributed by atoms with Gasteiger partial charge in [-0.05, 0) is 23.2 Å². The molecule has 0 aliphatic heterocycles. The van der Waals surface area contributed by atoms with Gasteiger partial charge in [0.25, 0.3) is 0 Å². The first-order valence-corrected chi connectivity index (χ1v) is 7.25. The predicted octanol–water partition coefficient (Wildman–Crippen LogP) is 3.93. The summed E-state index contributed by atoms with van der Waals surface area (Å²) in [6.07, 6.45) is 2.25. The summed E-state index contributed by atoms with van der Waals surface area (Å²) in [5.74, 6) is -0.275. The number of hydrogen-bond acceptors (Lipinski definition) is 4. The molecule has 0 spiro atoms. The second-order valence-electron chi connectivity index (χ2n) is 3.96. The molecule has 0 amide bonds. The van der Waals surface area contributed by atoms with E-state index < -0.39 is 0 Å². The molecule has 0 saturated carbocycles. The Morgan fingerprint density at radius 2 is 1.95 bits per heavy atom. The van der Waals surface area contributed by atoms with Crippen molar-refractivity contribution in [1.82, 2.24) is 9.97 Å². The van der Waals surface area contributed by atoms with Crippen LogP contribution < -0.4 is 0 Å². The maximum atomic E-state index is 10.8. The number of esters is 1. The third kappa shape index (κ3) is 5.52. The lowest BCUT2D eigenvalue weighted by Crippen LogP contribution is -2.04. The molecular weight excluding hydrogens is 288 g/mol. The highest BCUT2D eigenvalue weighted by Gasteiger charge is 2.07. The normalized spacial score (nSPS) is 9.52. The van der Waals surface area contributed by atoms with Crippen LogP contribution in [0.3, 0.4) is 0 Å². The van der Waals surface area contributed by atoms with Crippen LogP contribution in [0.4, 0.5) is 0 Å². The van der Waals surface area contributed by atoms with Gasteiger partial charge in [0.15, 0.2) is 0 Å². The molecule has 2 aromatic rings. The van der Waals surface area contributed by atoms with Gasteiger partial charge in [-0.25, -0.2) is 9.97 Å². The van der Waals surface area contributed by atoms with E-state index in [2.05, 4.69) is 9.97 Å². The third-order valence-electron chi connectivity index (χ3n) is 2.60. The Bertz CT molecular complexity index is 588. The van der Waals surface area contributed by atoms with E-state index in [0.29, 0.717) is 13.0 Å². The summed E-state index contributed by atoms with van der Waals surface area (Å²) in [7, 11) is 0. The largest absolute Gasteiger partial charge is 0.466 e. The molecule has 0 aliphatic carbocycles. The molecule has 0 aliphatic rings. The zero-order valence-corrected chi connectivity index (χ0v) is 13.2. The van der Waals surface area contributed by atoms with Crippen molar-refractivity contribution < 1.29 is 9.53 Å². The fourth-order valence-electron chi connectivity index (χ4n) is 1.78. The summed E-state index contributed by atoms with van der Waals surface area (Å²) in [6.45, 7) is 5.75. The summed E-state index contributed by atoms with van der Waals surface area (Å²) in [6, 6.07) is 9.61. The number of hydrogen-bond donors (Lipinski definition) is 0. The SMILES string of the molecule is CC.CC(=O)OCCc1ccccc1-c1ccnc(Cl)n1. The summed E-state index contributed by atoms with van der Waals surface area (Å²) in [5, 5.41) is 0.215. The van der Waals surface area contributed by atoms with Gasteiger partial charge in [-0.2, -0.15) is 0 Å². The lowest BCUT2D eigenvalue weighted by molar-refractivity contribution is -0.140. The summed E-state index contributed by atoms with van der Waals surface area (Å²) >= 11 is 5.80. The average molecular weight is 307 g/mol. The van der Waals surface area contributed by atoms with Gasteiger partial charge in [0.2, 0.25) is 5.28 Å². The fourth-order valence-corrected chi connectivity index (χ4v) is 1.93. The molecule has 0 unspecified atom stereocenters. The lowest BCUT2D eigenvalue weighted by atomic mass is 10.0. The van der Waals surface area contributed by atoms with Crippen molar-refractivity contribution in [2.45, 2.75) is 27.2 Å². The molecule has 0 radical (unpaired) electrons. The zero-order chi connectivity index (χ0) is 15.7. The fraction of sp³-hybridized carbons (Fsp3) is 0.312. The van der Waals surface area contributed by atoms with Crippen LogP contribution in [0, 0.1) is 0 Å². The van der Waals surface area contributed by atoms with Gasteiger partial charge in [0.05, 0.1) is 12.3 Å². The maximum absolute atomic E-state index is 10.8. The second-order valence-corrected chi connectivity index (χ2v) is 4.30. The van der Waals surface area contributed by atoms with Gasteiger partial charge in [0.1, 0.15) is 0 Å². The number of benzene rings is 1. The first-order chi connectivity index (χ1) is 10.2. The number of halogens is 1. The van der Waals surface area contributed by atoms with Gasteiger partial charge in [-0.15, -0.1) is 0 Å². The van der Waals surface area contributed by atoms with Crippen LogP contribution in [0.5, 0.6) is 0 Å². The predicted molar refractivity (Wildman–Crippen MR) is 84.2 cm³/mol. The molecule has 1 heterocycles. The molecule has 1 aromatic carbocycles. The van der Waals surface area contributed by atoms with Crippen LogP contribution in [0.2, 0.25) is 5.28 Å². The van der Waals surface area contributed by atoms with E-state index >= 15 is 0 Å². The van der Waals surface area contributed by atoms with Crippen molar-refractivity contribution >= 4 is 17.6 Å². The van der Waals surface area contributed by atoms with Crippen LogP contribution in [-0.4, -0.2) is 22.5 Å². The minimum Gasteiger partial charge on any atom is -0.466 e. The molecule has 4 nitrogen and oxygen atoms in total. The number of nitrogens with zero attached hydrogens (tertiary/aromatic N) is 2. The first kappa shape index (κ1) is 17.1. The van der Waals surface area contributed by atoms with E-state index in [1.54, 1.807) is 12.3 Å². The number of ether oxygens (including phenoxy) is 1. The van der Waals surface area contributed by atoms with Gasteiger partial charge < -0.3 is 4.74 Å². The molecule has 0 fully saturated rings. The first-order valence-electron chi connectivity index (χ1n) is 6.87. The summed E-state index contributed by atoms with van der Waals surface area (Å²) < 4.78 is 4.96. The van der Waals surface area contributed by atoms with E-state index in [1.807, 2.05) is 38.1 Å². The van der Waals surface area contributed by atoms with Crippen LogP contribution in [0.25, 0.3) is 11.3 Å². The molecule has 5 heteroatoms. The van der Waals surface area contributed by atoms with Crippen molar-refractivity contribution in [2.75, 3.05) is 6.61 Å². The molecule has 21 heavy (non-hydrogen) atoms. The van der Waals surface area contributed by atoms with Gasteiger partial charge >= 0.3 is 5.97 Å². The molecular formula is C16H19ClN2O2. The molecule has 112 valence electrons. The van der Waals surface area contributed by atoms with Crippen molar-refractivity contribution in [3.05, 3.63) is 47.4 Å². The van der Waals surface area contributed by atoms with E-state index in [-0.39, 0.29) is 11.3 Å². The van der Waals surface area contributed by atoms with Crippen molar-refractivity contribution in [1.29, 1.82) is 0 Å². The lowest BCUT2D eigenvalue weighted by Gasteiger charge is -2.09. The number of carbonyl (C=O) groups excluding carboxylic acids is 1. The number of carbonyl (C=O) groups is 1. The minimum atomic E-state index is -0.275. The smallest absolute Gasteiger partial charge is 0.302 e. The topological polar surface area (TPSA) is 52.1 Å².